The summed E-state index contributed by atoms with van der Waals surface area (Å²) in [6.07, 6.45) is 0. The minimum absolute atomic E-state index is 0.908. The molecule has 0 aliphatic carbocycles. The molecule has 0 saturated carbocycles. The van der Waals surface area contributed by atoms with E-state index in [2.05, 4.69) is 191 Å². The van der Waals surface area contributed by atoms with Crippen LogP contribution in [0.2, 0.25) is 0 Å². The molecule has 55 heavy (non-hydrogen) atoms. The summed E-state index contributed by atoms with van der Waals surface area (Å²) in [4.78, 5) is 0. The highest BCUT2D eigenvalue weighted by molar-refractivity contribution is 6.14. The number of para-hydroxylation sites is 4. The summed E-state index contributed by atoms with van der Waals surface area (Å²) in [6.45, 7) is 0. The molecule has 3 heteroatoms. The van der Waals surface area contributed by atoms with Crippen LogP contribution in [0.3, 0.4) is 0 Å². The standard InChI is InChI=1S/C52H32N2O/c1-2-13-38(14-3-1)53-46-19-9-6-16-40(46)43-29-33(22-25-48(43)53)34-23-26-49-44(30-34)41-17-7-10-20-47(41)54(49)50-32-37(28-36-12-4-5-15-39(36)50)35-24-27-52-45(31-35)42-18-8-11-21-51(42)55-52/h1-32H. The van der Waals surface area contributed by atoms with Gasteiger partial charge in [-0.25, -0.2) is 0 Å². The van der Waals surface area contributed by atoms with Crippen molar-refractivity contribution in [2.24, 2.45) is 0 Å². The Balaban J connectivity index is 1.06. The van der Waals surface area contributed by atoms with E-state index in [9.17, 15) is 0 Å². The number of nitrogens with zero attached hydrogens (tertiary/aromatic N) is 2. The average Bonchev–Trinajstić information content (AvgIpc) is 3.90. The van der Waals surface area contributed by atoms with Crippen LogP contribution in [0, 0.1) is 0 Å². The summed E-state index contributed by atoms with van der Waals surface area (Å²) >= 11 is 0. The molecule has 256 valence electrons. The van der Waals surface area contributed by atoms with Gasteiger partial charge in [0.15, 0.2) is 0 Å². The predicted octanol–water partition coefficient (Wildman–Crippen LogP) is 14.3. The molecule has 0 fully saturated rings. The highest BCUT2D eigenvalue weighted by Gasteiger charge is 2.18. The summed E-state index contributed by atoms with van der Waals surface area (Å²) in [5.74, 6) is 0. The monoisotopic (exact) mass is 700 g/mol. The Bertz CT molecular complexity index is 3490. The Morgan fingerprint density at radius 2 is 0.800 bits per heavy atom. The van der Waals surface area contributed by atoms with E-state index in [-0.39, 0.29) is 0 Å². The molecule has 12 aromatic rings. The maximum absolute atomic E-state index is 6.19. The van der Waals surface area contributed by atoms with E-state index in [0.717, 1.165) is 27.5 Å². The number of hydrogen-bond donors (Lipinski definition) is 0. The number of hydrogen-bond acceptors (Lipinski definition) is 1. The van der Waals surface area contributed by atoms with Crippen LogP contribution in [0.4, 0.5) is 0 Å². The first-order chi connectivity index (χ1) is 27.3. The molecule has 3 aromatic heterocycles. The normalized spacial score (nSPS) is 12.0. The van der Waals surface area contributed by atoms with E-state index in [1.807, 2.05) is 12.1 Å². The first-order valence-corrected chi connectivity index (χ1v) is 18.8. The quantitative estimate of drug-likeness (QED) is 0.179. The van der Waals surface area contributed by atoms with Crippen LogP contribution in [-0.4, -0.2) is 9.13 Å². The van der Waals surface area contributed by atoms with Crippen molar-refractivity contribution < 1.29 is 4.42 Å². The highest BCUT2D eigenvalue weighted by Crippen LogP contribution is 2.41. The third-order valence-electron chi connectivity index (χ3n) is 11.5. The fourth-order valence-corrected chi connectivity index (χ4v) is 8.97. The lowest BCUT2D eigenvalue weighted by Crippen LogP contribution is -1.96. The molecule has 0 spiro atoms. The van der Waals surface area contributed by atoms with Gasteiger partial charge in [-0.05, 0) is 107 Å². The van der Waals surface area contributed by atoms with E-state index < -0.39 is 0 Å². The molecular weight excluding hydrogens is 669 g/mol. The van der Waals surface area contributed by atoms with Gasteiger partial charge in [0, 0.05) is 43.4 Å². The predicted molar refractivity (Wildman–Crippen MR) is 231 cm³/mol. The van der Waals surface area contributed by atoms with Gasteiger partial charge < -0.3 is 13.6 Å². The molecule has 0 saturated heterocycles. The Morgan fingerprint density at radius 1 is 0.291 bits per heavy atom. The van der Waals surface area contributed by atoms with Crippen molar-refractivity contribution in [3.8, 4) is 33.6 Å². The summed E-state index contributed by atoms with van der Waals surface area (Å²) in [6, 6.07) is 70.4. The molecule has 0 bridgehead atoms. The van der Waals surface area contributed by atoms with Gasteiger partial charge in [0.2, 0.25) is 0 Å². The molecule has 0 amide bonds. The summed E-state index contributed by atoms with van der Waals surface area (Å²) < 4.78 is 11.0. The smallest absolute Gasteiger partial charge is 0.135 e. The van der Waals surface area contributed by atoms with E-state index in [4.69, 9.17) is 4.42 Å². The van der Waals surface area contributed by atoms with E-state index in [1.165, 1.54) is 82.4 Å². The zero-order valence-electron chi connectivity index (χ0n) is 29.8. The molecule has 3 nitrogen and oxygen atoms in total. The van der Waals surface area contributed by atoms with Gasteiger partial charge in [-0.2, -0.15) is 0 Å². The lowest BCUT2D eigenvalue weighted by Gasteiger charge is -2.15. The summed E-state index contributed by atoms with van der Waals surface area (Å²) in [5, 5.41) is 9.68. The van der Waals surface area contributed by atoms with Crippen molar-refractivity contribution in [1.82, 2.24) is 9.13 Å². The minimum atomic E-state index is 0.908. The second-order valence-corrected chi connectivity index (χ2v) is 14.5. The third kappa shape index (κ3) is 4.50. The fourth-order valence-electron chi connectivity index (χ4n) is 8.97. The molecule has 0 radical (unpaired) electrons. The van der Waals surface area contributed by atoms with Crippen LogP contribution in [0.25, 0.3) is 110 Å². The van der Waals surface area contributed by atoms with Gasteiger partial charge in [-0.15, -0.1) is 0 Å². The van der Waals surface area contributed by atoms with Crippen molar-refractivity contribution in [3.05, 3.63) is 194 Å². The van der Waals surface area contributed by atoms with Crippen molar-refractivity contribution in [2.45, 2.75) is 0 Å². The zero-order chi connectivity index (χ0) is 36.0. The molecular formula is C52H32N2O. The van der Waals surface area contributed by atoms with Gasteiger partial charge in [-0.1, -0.05) is 115 Å². The van der Waals surface area contributed by atoms with E-state index in [0.29, 0.717) is 0 Å². The minimum Gasteiger partial charge on any atom is -0.456 e. The van der Waals surface area contributed by atoms with Gasteiger partial charge in [0.1, 0.15) is 11.2 Å². The molecule has 9 aromatic carbocycles. The lowest BCUT2D eigenvalue weighted by atomic mass is 9.98. The summed E-state index contributed by atoms with van der Waals surface area (Å²) in [5.41, 5.74) is 13.7. The first-order valence-electron chi connectivity index (χ1n) is 18.8. The van der Waals surface area contributed by atoms with Crippen LogP contribution in [0.1, 0.15) is 0 Å². The molecule has 0 atom stereocenters. The Morgan fingerprint density at radius 3 is 1.55 bits per heavy atom. The molecule has 0 aliphatic heterocycles. The Labute approximate surface area is 316 Å². The number of fused-ring (bicyclic) bond motifs is 10. The molecule has 0 unspecified atom stereocenters. The van der Waals surface area contributed by atoms with Crippen LogP contribution in [0.15, 0.2) is 199 Å². The Kier molecular flexibility index (Phi) is 6.34. The summed E-state index contributed by atoms with van der Waals surface area (Å²) in [7, 11) is 0. The second kappa shape index (κ2) is 11.6. The van der Waals surface area contributed by atoms with Crippen molar-refractivity contribution in [1.29, 1.82) is 0 Å². The number of rotatable bonds is 4. The second-order valence-electron chi connectivity index (χ2n) is 14.5. The lowest BCUT2D eigenvalue weighted by molar-refractivity contribution is 0.669. The van der Waals surface area contributed by atoms with Gasteiger partial charge >= 0.3 is 0 Å². The molecule has 3 heterocycles. The largest absolute Gasteiger partial charge is 0.456 e. The highest BCUT2D eigenvalue weighted by atomic mass is 16.3. The van der Waals surface area contributed by atoms with Crippen molar-refractivity contribution >= 4 is 76.3 Å². The molecule has 0 N–H and O–H groups in total. The SMILES string of the molecule is c1ccc(-n2c3ccccc3c3cc(-c4ccc5c(c4)c4ccccc4n5-c4cc(-c5ccc6oc7ccccc7c6c5)cc5ccccc45)ccc32)cc1. The first kappa shape index (κ1) is 30.1. The zero-order valence-corrected chi connectivity index (χ0v) is 29.8. The number of furan rings is 1. The molecule has 12 rings (SSSR count). The topological polar surface area (TPSA) is 23.0 Å². The van der Waals surface area contributed by atoms with Crippen LogP contribution >= 0.6 is 0 Å². The average molecular weight is 701 g/mol. The van der Waals surface area contributed by atoms with Crippen LogP contribution < -0.4 is 0 Å². The third-order valence-corrected chi connectivity index (χ3v) is 11.5. The van der Waals surface area contributed by atoms with Crippen LogP contribution in [-0.2, 0) is 0 Å². The van der Waals surface area contributed by atoms with Crippen molar-refractivity contribution in [3.63, 3.8) is 0 Å². The Hall–Kier alpha value is -7.36. The van der Waals surface area contributed by atoms with Gasteiger partial charge in [-0.3, -0.25) is 0 Å². The molecule has 0 aliphatic rings. The van der Waals surface area contributed by atoms with Gasteiger partial charge in [0.25, 0.3) is 0 Å². The number of benzene rings is 9. The van der Waals surface area contributed by atoms with E-state index in [1.54, 1.807) is 0 Å². The van der Waals surface area contributed by atoms with Crippen LogP contribution in [0.5, 0.6) is 0 Å². The maximum Gasteiger partial charge on any atom is 0.135 e. The van der Waals surface area contributed by atoms with Crippen molar-refractivity contribution in [2.75, 3.05) is 0 Å². The van der Waals surface area contributed by atoms with Gasteiger partial charge in [0.05, 0.1) is 27.8 Å². The maximum atomic E-state index is 6.19. The fraction of sp³-hybridized carbons (Fsp3) is 0. The number of aromatic nitrogens is 2. The van der Waals surface area contributed by atoms with E-state index >= 15 is 0 Å².